The summed E-state index contributed by atoms with van der Waals surface area (Å²) in [6.45, 7) is 4.93. The molecule has 2 aromatic rings. The molecule has 4 rings (SSSR count). The summed E-state index contributed by atoms with van der Waals surface area (Å²) >= 11 is 0. The lowest BCUT2D eigenvalue weighted by atomic mass is 10.1. The summed E-state index contributed by atoms with van der Waals surface area (Å²) in [5, 5.41) is 2.79. The van der Waals surface area contributed by atoms with Crippen LogP contribution in [0.4, 0.5) is 10.5 Å². The van der Waals surface area contributed by atoms with E-state index in [1.165, 1.54) is 7.11 Å². The predicted octanol–water partition coefficient (Wildman–Crippen LogP) is 2.14. The number of anilines is 1. The van der Waals surface area contributed by atoms with Gasteiger partial charge in [0.1, 0.15) is 0 Å². The summed E-state index contributed by atoms with van der Waals surface area (Å²) in [7, 11) is 3.08. The van der Waals surface area contributed by atoms with Crippen LogP contribution in [0.5, 0.6) is 11.5 Å². The number of amides is 4. The van der Waals surface area contributed by atoms with Gasteiger partial charge in [-0.2, -0.15) is 0 Å². The summed E-state index contributed by atoms with van der Waals surface area (Å²) in [5.74, 6) is 0.888. The van der Waals surface area contributed by atoms with Crippen molar-refractivity contribution in [2.24, 2.45) is 0 Å². The van der Waals surface area contributed by atoms with Crippen molar-refractivity contribution in [2.45, 2.75) is 6.92 Å². The van der Waals surface area contributed by atoms with Gasteiger partial charge in [0.05, 0.1) is 14.2 Å². The molecule has 2 aliphatic rings. The zero-order valence-electron chi connectivity index (χ0n) is 19.1. The summed E-state index contributed by atoms with van der Waals surface area (Å²) in [4.78, 5) is 43.1. The average Bonchev–Trinajstić information content (AvgIpc) is 3.28. The Labute approximate surface area is 192 Å². The molecule has 2 aliphatic heterocycles. The molecule has 9 nitrogen and oxygen atoms in total. The van der Waals surface area contributed by atoms with E-state index in [4.69, 9.17) is 9.47 Å². The summed E-state index contributed by atoms with van der Waals surface area (Å²) < 4.78 is 10.5. The fraction of sp³-hybridized carbons (Fsp3) is 0.375. The van der Waals surface area contributed by atoms with E-state index < -0.39 is 0 Å². The molecule has 4 amide bonds. The van der Waals surface area contributed by atoms with Crippen molar-refractivity contribution in [3.8, 4) is 11.5 Å². The van der Waals surface area contributed by atoms with Crippen LogP contribution in [0.3, 0.4) is 0 Å². The molecule has 0 aromatic heterocycles. The van der Waals surface area contributed by atoms with Gasteiger partial charge in [-0.1, -0.05) is 0 Å². The Morgan fingerprint density at radius 2 is 1.39 bits per heavy atom. The number of hydrogen-bond donors (Lipinski definition) is 1. The molecule has 2 heterocycles. The standard InChI is InChI=1S/C24H28N4O5/c1-16-14-17(4-6-19(16)28-9-8-25-24(28)31)22(29)26-10-12-27(13-11-26)23(30)18-5-7-20(32-2)21(15-18)33-3/h4-7,14-15H,8-13H2,1-3H3,(H,25,31). The second kappa shape index (κ2) is 9.40. The number of methoxy groups -OCH3 is 2. The average molecular weight is 453 g/mol. The molecule has 2 aromatic carbocycles. The second-order valence-corrected chi connectivity index (χ2v) is 8.04. The van der Waals surface area contributed by atoms with Gasteiger partial charge in [0.15, 0.2) is 11.5 Å². The van der Waals surface area contributed by atoms with Crippen molar-refractivity contribution in [2.75, 3.05) is 58.4 Å². The quantitative estimate of drug-likeness (QED) is 0.751. The maximum Gasteiger partial charge on any atom is 0.322 e. The molecular weight excluding hydrogens is 424 g/mol. The SMILES string of the molecule is COc1ccc(C(=O)N2CCN(C(=O)c3ccc(N4CCNC4=O)c(C)c3)CC2)cc1OC. The molecule has 9 heteroatoms. The lowest BCUT2D eigenvalue weighted by Gasteiger charge is -2.35. The zero-order valence-corrected chi connectivity index (χ0v) is 19.1. The number of rotatable bonds is 5. The number of ether oxygens (including phenoxy) is 2. The van der Waals surface area contributed by atoms with Crippen LogP contribution >= 0.6 is 0 Å². The number of nitrogens with one attached hydrogen (secondary N) is 1. The molecule has 1 N–H and O–H groups in total. The monoisotopic (exact) mass is 452 g/mol. The Balaban J connectivity index is 1.39. The van der Waals surface area contributed by atoms with E-state index in [1.807, 2.05) is 19.1 Å². The fourth-order valence-electron chi connectivity index (χ4n) is 4.24. The highest BCUT2D eigenvalue weighted by Gasteiger charge is 2.27. The molecule has 0 bridgehead atoms. The van der Waals surface area contributed by atoms with Crippen LogP contribution < -0.4 is 19.7 Å². The van der Waals surface area contributed by atoms with Crippen LogP contribution in [0, 0.1) is 6.92 Å². The molecule has 0 aliphatic carbocycles. The molecule has 33 heavy (non-hydrogen) atoms. The molecular formula is C24H28N4O5. The minimum absolute atomic E-state index is 0.0752. The number of carbonyl (C=O) groups is 3. The molecule has 0 unspecified atom stereocenters. The largest absolute Gasteiger partial charge is 0.493 e. The lowest BCUT2D eigenvalue weighted by Crippen LogP contribution is -2.50. The Hall–Kier alpha value is -3.75. The van der Waals surface area contributed by atoms with Crippen LogP contribution in [0.15, 0.2) is 36.4 Å². The summed E-state index contributed by atoms with van der Waals surface area (Å²) in [6, 6.07) is 10.4. The third-order valence-electron chi connectivity index (χ3n) is 6.08. The van der Waals surface area contributed by atoms with Gasteiger partial charge in [-0.05, 0) is 48.9 Å². The molecule has 2 saturated heterocycles. The van der Waals surface area contributed by atoms with Crippen molar-refractivity contribution in [1.82, 2.24) is 15.1 Å². The van der Waals surface area contributed by atoms with E-state index in [0.29, 0.717) is 61.9 Å². The summed E-state index contributed by atoms with van der Waals surface area (Å²) in [6.07, 6.45) is 0. The maximum atomic E-state index is 13.0. The minimum Gasteiger partial charge on any atom is -0.493 e. The van der Waals surface area contributed by atoms with E-state index in [2.05, 4.69) is 5.32 Å². The zero-order chi connectivity index (χ0) is 23.5. The van der Waals surface area contributed by atoms with E-state index in [0.717, 1.165) is 11.3 Å². The first kappa shape index (κ1) is 22.4. The van der Waals surface area contributed by atoms with Gasteiger partial charge in [-0.3, -0.25) is 14.5 Å². The van der Waals surface area contributed by atoms with Crippen molar-refractivity contribution in [1.29, 1.82) is 0 Å². The molecule has 0 spiro atoms. The van der Waals surface area contributed by atoms with Crippen molar-refractivity contribution < 1.29 is 23.9 Å². The van der Waals surface area contributed by atoms with Crippen molar-refractivity contribution in [3.63, 3.8) is 0 Å². The lowest BCUT2D eigenvalue weighted by molar-refractivity contribution is 0.0535. The fourth-order valence-corrected chi connectivity index (χ4v) is 4.24. The van der Waals surface area contributed by atoms with Gasteiger partial charge in [0.25, 0.3) is 11.8 Å². The van der Waals surface area contributed by atoms with Crippen LogP contribution in [0.25, 0.3) is 0 Å². The smallest absolute Gasteiger partial charge is 0.322 e. The Kier molecular flexibility index (Phi) is 6.39. The minimum atomic E-state index is -0.118. The van der Waals surface area contributed by atoms with Crippen LogP contribution in [-0.4, -0.2) is 81.1 Å². The van der Waals surface area contributed by atoms with E-state index in [-0.39, 0.29) is 17.8 Å². The maximum absolute atomic E-state index is 13.0. The van der Waals surface area contributed by atoms with Crippen molar-refractivity contribution >= 4 is 23.5 Å². The highest BCUT2D eigenvalue weighted by Crippen LogP contribution is 2.28. The van der Waals surface area contributed by atoms with Gasteiger partial charge in [0, 0.05) is 56.1 Å². The molecule has 0 radical (unpaired) electrons. The van der Waals surface area contributed by atoms with Gasteiger partial charge in [-0.25, -0.2) is 4.79 Å². The van der Waals surface area contributed by atoms with E-state index in [9.17, 15) is 14.4 Å². The normalized spacial score (nSPS) is 16.0. The van der Waals surface area contributed by atoms with E-state index in [1.54, 1.807) is 46.1 Å². The van der Waals surface area contributed by atoms with E-state index >= 15 is 0 Å². The van der Waals surface area contributed by atoms with Crippen LogP contribution in [0.1, 0.15) is 26.3 Å². The van der Waals surface area contributed by atoms with Gasteiger partial charge < -0.3 is 24.6 Å². The number of nitrogens with zero attached hydrogens (tertiary/aromatic N) is 3. The molecule has 174 valence electrons. The van der Waals surface area contributed by atoms with Crippen LogP contribution in [-0.2, 0) is 0 Å². The van der Waals surface area contributed by atoms with Gasteiger partial charge in [0.2, 0.25) is 0 Å². The molecule has 0 atom stereocenters. The van der Waals surface area contributed by atoms with Gasteiger partial charge >= 0.3 is 6.03 Å². The highest BCUT2D eigenvalue weighted by atomic mass is 16.5. The topological polar surface area (TPSA) is 91.4 Å². The van der Waals surface area contributed by atoms with Crippen molar-refractivity contribution in [3.05, 3.63) is 53.1 Å². The Morgan fingerprint density at radius 1 is 0.818 bits per heavy atom. The molecule has 2 fully saturated rings. The highest BCUT2D eigenvalue weighted by molar-refractivity contribution is 5.98. The predicted molar refractivity (Wildman–Crippen MR) is 123 cm³/mol. The number of piperazine rings is 1. The number of urea groups is 1. The molecule has 0 saturated carbocycles. The summed E-state index contributed by atoms with van der Waals surface area (Å²) in [5.41, 5.74) is 2.78. The first-order valence-electron chi connectivity index (χ1n) is 10.9. The second-order valence-electron chi connectivity index (χ2n) is 8.04. The first-order valence-corrected chi connectivity index (χ1v) is 10.9. The third kappa shape index (κ3) is 4.44. The van der Waals surface area contributed by atoms with Crippen LogP contribution in [0.2, 0.25) is 0 Å². The number of benzene rings is 2. The Bertz CT molecular complexity index is 1080. The number of hydrogen-bond acceptors (Lipinski definition) is 5. The number of aryl methyl sites for hydroxylation is 1. The third-order valence-corrected chi connectivity index (χ3v) is 6.08. The number of carbonyl (C=O) groups excluding carboxylic acids is 3. The Morgan fingerprint density at radius 3 is 1.91 bits per heavy atom. The van der Waals surface area contributed by atoms with Gasteiger partial charge in [-0.15, -0.1) is 0 Å². The first-order chi connectivity index (χ1) is 15.9.